The van der Waals surface area contributed by atoms with Gasteiger partial charge < -0.3 is 15.3 Å². The van der Waals surface area contributed by atoms with E-state index in [0.29, 0.717) is 5.82 Å². The van der Waals surface area contributed by atoms with Crippen molar-refractivity contribution in [3.63, 3.8) is 0 Å². The van der Waals surface area contributed by atoms with Crippen LogP contribution in [0.5, 0.6) is 0 Å². The molecular weight excluding hydrogens is 242 g/mol. The van der Waals surface area contributed by atoms with E-state index in [1.807, 2.05) is 34.9 Å². The molecule has 0 saturated carbocycles. The van der Waals surface area contributed by atoms with Gasteiger partial charge in [-0.1, -0.05) is 13.8 Å². The van der Waals surface area contributed by atoms with Crippen LogP contribution in [0.4, 0.5) is 5.82 Å². The van der Waals surface area contributed by atoms with Crippen LogP contribution in [-0.2, 0) is 0 Å². The second-order valence-electron chi connectivity index (χ2n) is 5.43. The topological polar surface area (TPSA) is 65.5 Å². The molecule has 0 aliphatic carbocycles. The Balaban J connectivity index is 2.96. The molecule has 1 rings (SSSR count). The van der Waals surface area contributed by atoms with Gasteiger partial charge in [0.15, 0.2) is 0 Å². The highest BCUT2D eigenvalue weighted by Gasteiger charge is 2.12. The fourth-order valence-electron chi connectivity index (χ4n) is 1.89. The Bertz CT molecular complexity index is 444. The van der Waals surface area contributed by atoms with Crippen LogP contribution >= 0.6 is 0 Å². The van der Waals surface area contributed by atoms with Gasteiger partial charge in [0.1, 0.15) is 5.82 Å². The van der Waals surface area contributed by atoms with Crippen LogP contribution < -0.4 is 5.32 Å². The maximum Gasteiger partial charge on any atom is 0.335 e. The van der Waals surface area contributed by atoms with Crippen molar-refractivity contribution >= 4 is 11.8 Å². The Kier molecular flexibility index (Phi) is 5.30. The highest BCUT2D eigenvalue weighted by molar-refractivity contribution is 5.88. The molecule has 5 nitrogen and oxygen atoms in total. The highest BCUT2D eigenvalue weighted by Crippen LogP contribution is 2.18. The number of hydrogen-bond donors (Lipinski definition) is 2. The molecule has 1 heterocycles. The first-order valence-electron chi connectivity index (χ1n) is 6.46. The summed E-state index contributed by atoms with van der Waals surface area (Å²) < 4.78 is 0. The van der Waals surface area contributed by atoms with Crippen LogP contribution in [0.1, 0.15) is 42.7 Å². The van der Waals surface area contributed by atoms with E-state index in [-0.39, 0.29) is 17.5 Å². The van der Waals surface area contributed by atoms with Crippen LogP contribution in [0, 0.1) is 0 Å². The molecule has 0 aromatic carbocycles. The summed E-state index contributed by atoms with van der Waals surface area (Å²) in [6.07, 6.45) is 0. The predicted octanol–water partition coefficient (Wildman–Crippen LogP) is 2.27. The van der Waals surface area contributed by atoms with Crippen LogP contribution in [0.3, 0.4) is 0 Å². The summed E-state index contributed by atoms with van der Waals surface area (Å²) in [5.74, 6) is -0.102. The number of nitrogens with one attached hydrogen (secondary N) is 1. The summed E-state index contributed by atoms with van der Waals surface area (Å²) in [5, 5.41) is 12.4. The monoisotopic (exact) mass is 265 g/mol. The molecule has 1 unspecified atom stereocenters. The molecule has 0 bridgehead atoms. The molecule has 0 amide bonds. The number of anilines is 1. The van der Waals surface area contributed by atoms with Crippen molar-refractivity contribution in [2.45, 2.75) is 32.7 Å². The molecule has 1 atom stereocenters. The van der Waals surface area contributed by atoms with Crippen molar-refractivity contribution in [3.05, 3.63) is 23.4 Å². The van der Waals surface area contributed by atoms with Crippen molar-refractivity contribution in [3.8, 4) is 0 Å². The minimum atomic E-state index is -0.924. The van der Waals surface area contributed by atoms with E-state index in [1.54, 1.807) is 12.1 Å². The number of aromatic carboxylic acids is 1. The first-order valence-corrected chi connectivity index (χ1v) is 6.46. The van der Waals surface area contributed by atoms with E-state index in [0.717, 1.165) is 12.2 Å². The van der Waals surface area contributed by atoms with Crippen LogP contribution in [0.25, 0.3) is 0 Å². The first-order chi connectivity index (χ1) is 8.79. The fraction of sp³-hybridized carbons (Fsp3) is 0.571. The highest BCUT2D eigenvalue weighted by atomic mass is 16.4. The Morgan fingerprint density at radius 3 is 2.47 bits per heavy atom. The lowest BCUT2D eigenvalue weighted by molar-refractivity contribution is 0.0696. The molecule has 0 radical (unpaired) electrons. The quantitative estimate of drug-likeness (QED) is 0.826. The largest absolute Gasteiger partial charge is 0.478 e. The number of hydrogen-bond acceptors (Lipinski definition) is 4. The summed E-state index contributed by atoms with van der Waals surface area (Å²) in [6.45, 7) is 6.90. The summed E-state index contributed by atoms with van der Waals surface area (Å²) in [7, 11) is 4.00. The molecule has 0 spiro atoms. The van der Waals surface area contributed by atoms with Gasteiger partial charge in [-0.05, 0) is 39.1 Å². The standard InChI is InChI=1S/C14H23N3O2/c1-9(2)12-6-11(14(18)19)7-13(16-12)15-10(3)8-17(4)5/h6-7,9-10H,8H2,1-5H3,(H,15,16)(H,18,19). The third-order valence-electron chi connectivity index (χ3n) is 2.72. The number of carbonyl (C=O) groups is 1. The summed E-state index contributed by atoms with van der Waals surface area (Å²) in [6, 6.07) is 3.42. The van der Waals surface area contributed by atoms with Gasteiger partial charge in [0.2, 0.25) is 0 Å². The van der Waals surface area contributed by atoms with Gasteiger partial charge in [-0.2, -0.15) is 0 Å². The average Bonchev–Trinajstić information content (AvgIpc) is 2.26. The van der Waals surface area contributed by atoms with E-state index in [2.05, 4.69) is 15.2 Å². The Morgan fingerprint density at radius 2 is 2.00 bits per heavy atom. The van der Waals surface area contributed by atoms with Crippen LogP contribution in [0.2, 0.25) is 0 Å². The first kappa shape index (κ1) is 15.4. The van der Waals surface area contributed by atoms with Crippen molar-refractivity contribution < 1.29 is 9.90 Å². The molecule has 2 N–H and O–H groups in total. The fourth-order valence-corrected chi connectivity index (χ4v) is 1.89. The second-order valence-corrected chi connectivity index (χ2v) is 5.43. The lowest BCUT2D eigenvalue weighted by atomic mass is 10.1. The SMILES string of the molecule is CC(CN(C)C)Nc1cc(C(=O)O)cc(C(C)C)n1. The number of aromatic nitrogens is 1. The number of pyridine rings is 1. The van der Waals surface area contributed by atoms with E-state index in [1.165, 1.54) is 0 Å². The lowest BCUT2D eigenvalue weighted by Gasteiger charge is -2.19. The van der Waals surface area contributed by atoms with Crippen molar-refractivity contribution in [1.82, 2.24) is 9.88 Å². The molecule has 0 aliphatic heterocycles. The molecule has 0 aliphatic rings. The second kappa shape index (κ2) is 6.52. The molecule has 5 heteroatoms. The smallest absolute Gasteiger partial charge is 0.335 e. The van der Waals surface area contributed by atoms with Gasteiger partial charge in [0, 0.05) is 18.3 Å². The van der Waals surface area contributed by atoms with Gasteiger partial charge in [-0.25, -0.2) is 9.78 Å². The van der Waals surface area contributed by atoms with Gasteiger partial charge >= 0.3 is 5.97 Å². The zero-order valence-electron chi connectivity index (χ0n) is 12.3. The minimum Gasteiger partial charge on any atom is -0.478 e. The number of carboxylic acid groups (broad SMARTS) is 1. The molecule has 19 heavy (non-hydrogen) atoms. The molecular formula is C14H23N3O2. The summed E-state index contributed by atoms with van der Waals surface area (Å²) in [5.41, 5.74) is 1.07. The zero-order chi connectivity index (χ0) is 14.6. The third kappa shape index (κ3) is 4.87. The molecule has 1 aromatic heterocycles. The normalized spacial score (nSPS) is 12.8. The number of likely N-dealkylation sites (N-methyl/N-ethyl adjacent to an activating group) is 1. The number of carboxylic acids is 1. The lowest BCUT2D eigenvalue weighted by Crippen LogP contribution is -2.30. The van der Waals surface area contributed by atoms with Crippen molar-refractivity contribution in [1.29, 1.82) is 0 Å². The Morgan fingerprint density at radius 1 is 1.37 bits per heavy atom. The van der Waals surface area contributed by atoms with E-state index >= 15 is 0 Å². The maximum absolute atomic E-state index is 11.1. The van der Waals surface area contributed by atoms with E-state index in [9.17, 15) is 4.79 Å². The Hall–Kier alpha value is -1.62. The molecule has 106 valence electrons. The molecule has 0 fully saturated rings. The van der Waals surface area contributed by atoms with Crippen LogP contribution in [0.15, 0.2) is 12.1 Å². The van der Waals surface area contributed by atoms with Crippen molar-refractivity contribution in [2.75, 3.05) is 26.0 Å². The Labute approximate surface area is 114 Å². The summed E-state index contributed by atoms with van der Waals surface area (Å²) >= 11 is 0. The van der Waals surface area contributed by atoms with E-state index in [4.69, 9.17) is 5.11 Å². The van der Waals surface area contributed by atoms with Gasteiger partial charge in [-0.15, -0.1) is 0 Å². The van der Waals surface area contributed by atoms with Gasteiger partial charge in [0.25, 0.3) is 0 Å². The zero-order valence-corrected chi connectivity index (χ0v) is 12.3. The summed E-state index contributed by atoms with van der Waals surface area (Å²) in [4.78, 5) is 17.7. The maximum atomic E-state index is 11.1. The number of rotatable bonds is 6. The van der Waals surface area contributed by atoms with Gasteiger partial charge in [-0.3, -0.25) is 0 Å². The molecule has 0 saturated heterocycles. The number of nitrogens with zero attached hydrogens (tertiary/aromatic N) is 2. The van der Waals surface area contributed by atoms with Gasteiger partial charge in [0.05, 0.1) is 5.56 Å². The minimum absolute atomic E-state index is 0.198. The third-order valence-corrected chi connectivity index (χ3v) is 2.72. The average molecular weight is 265 g/mol. The predicted molar refractivity (Wildman–Crippen MR) is 76.9 cm³/mol. The van der Waals surface area contributed by atoms with E-state index < -0.39 is 5.97 Å². The molecule has 1 aromatic rings. The van der Waals surface area contributed by atoms with Crippen LogP contribution in [-0.4, -0.2) is 47.6 Å². The van der Waals surface area contributed by atoms with Crippen molar-refractivity contribution in [2.24, 2.45) is 0 Å².